The lowest BCUT2D eigenvalue weighted by molar-refractivity contribution is -0.128. The first-order chi connectivity index (χ1) is 14.3. The van der Waals surface area contributed by atoms with Crippen molar-refractivity contribution in [2.45, 2.75) is 64.8 Å². The van der Waals surface area contributed by atoms with Gasteiger partial charge in [-0.2, -0.15) is 0 Å². The summed E-state index contributed by atoms with van der Waals surface area (Å²) < 4.78 is 54.6. The van der Waals surface area contributed by atoms with Crippen LogP contribution < -0.4 is 5.32 Å². The monoisotopic (exact) mass is 455 g/mol. The molecule has 1 aliphatic heterocycles. The Balaban J connectivity index is 1.37. The minimum absolute atomic E-state index is 0.0190. The number of Topliss-reactive ketones (excluding diaryl/α,β-unsaturated/α-hetero) is 1. The molecule has 1 saturated heterocycles. The minimum Gasteiger partial charge on any atom is -0.367 e. The van der Waals surface area contributed by atoms with Crippen LogP contribution in [0.25, 0.3) is 0 Å². The zero-order valence-electron chi connectivity index (χ0n) is 18.3. The number of sulfonamides is 1. The molecule has 1 N–H and O–H groups in total. The van der Waals surface area contributed by atoms with Gasteiger partial charge in [0, 0.05) is 49.7 Å². The standard InChI is InChI=1S/C22H31F2N3O3S/c1-20(2)15-6-9-22(20,18(28)12-15)14-31(29,30)27-10-7-17(8-11-27)26-19-5-4-16(13-25-19)21(3,23)24/h4-5,13,15,17H,6-12,14H2,1-3H3,(H,25,26)/t15-,22-/m1/s1. The quantitative estimate of drug-likeness (QED) is 0.706. The molecule has 1 aromatic heterocycles. The average Bonchev–Trinajstić information content (AvgIpc) is 3.02. The third-order valence-electron chi connectivity index (χ3n) is 8.04. The van der Waals surface area contributed by atoms with Gasteiger partial charge >= 0.3 is 0 Å². The topological polar surface area (TPSA) is 79.4 Å². The van der Waals surface area contributed by atoms with Gasteiger partial charge in [-0.25, -0.2) is 26.5 Å². The van der Waals surface area contributed by atoms with Gasteiger partial charge in [0.15, 0.2) is 0 Å². The minimum atomic E-state index is -3.55. The number of aromatic nitrogens is 1. The summed E-state index contributed by atoms with van der Waals surface area (Å²) in [5, 5.41) is 3.22. The molecule has 0 spiro atoms. The molecule has 9 heteroatoms. The lowest BCUT2D eigenvalue weighted by Crippen LogP contribution is -2.49. The zero-order valence-corrected chi connectivity index (χ0v) is 19.1. The van der Waals surface area contributed by atoms with Crippen molar-refractivity contribution in [3.05, 3.63) is 23.9 Å². The molecule has 0 amide bonds. The van der Waals surface area contributed by atoms with Gasteiger partial charge in [-0.15, -0.1) is 0 Å². The smallest absolute Gasteiger partial charge is 0.272 e. The van der Waals surface area contributed by atoms with Crippen LogP contribution in [0.5, 0.6) is 0 Å². The normalized spacial score (nSPS) is 29.5. The maximum atomic E-state index is 13.3. The summed E-state index contributed by atoms with van der Waals surface area (Å²) in [5.41, 5.74) is -1.17. The lowest BCUT2D eigenvalue weighted by atomic mass is 9.70. The van der Waals surface area contributed by atoms with E-state index in [0.29, 0.717) is 44.6 Å². The Morgan fingerprint density at radius 1 is 1.23 bits per heavy atom. The molecular weight excluding hydrogens is 424 g/mol. The van der Waals surface area contributed by atoms with Crippen molar-refractivity contribution in [1.29, 1.82) is 0 Å². The third kappa shape index (κ3) is 3.88. The molecule has 0 aromatic carbocycles. The fraction of sp³-hybridized carbons (Fsp3) is 0.727. The summed E-state index contributed by atoms with van der Waals surface area (Å²) in [6.45, 7) is 5.68. The highest BCUT2D eigenvalue weighted by atomic mass is 32.2. The van der Waals surface area contributed by atoms with E-state index in [4.69, 9.17) is 0 Å². The molecule has 0 unspecified atom stereocenters. The highest BCUT2D eigenvalue weighted by Crippen LogP contribution is 2.64. The van der Waals surface area contributed by atoms with Crippen LogP contribution in [-0.2, 0) is 20.7 Å². The summed E-state index contributed by atoms with van der Waals surface area (Å²) in [4.78, 5) is 16.8. The van der Waals surface area contributed by atoms with Gasteiger partial charge in [0.2, 0.25) is 10.0 Å². The van der Waals surface area contributed by atoms with E-state index in [1.54, 1.807) is 0 Å². The zero-order chi connectivity index (χ0) is 22.7. The van der Waals surface area contributed by atoms with Crippen molar-refractivity contribution in [2.24, 2.45) is 16.7 Å². The number of pyridine rings is 1. The van der Waals surface area contributed by atoms with Gasteiger partial charge in [0.05, 0.1) is 5.75 Å². The van der Waals surface area contributed by atoms with Crippen LogP contribution in [0.4, 0.5) is 14.6 Å². The van der Waals surface area contributed by atoms with E-state index in [1.807, 2.05) is 13.8 Å². The maximum absolute atomic E-state index is 13.3. The Morgan fingerprint density at radius 3 is 2.39 bits per heavy atom. The van der Waals surface area contributed by atoms with Crippen molar-refractivity contribution < 1.29 is 22.0 Å². The molecule has 3 fully saturated rings. The Morgan fingerprint density at radius 2 is 1.90 bits per heavy atom. The number of halogens is 2. The largest absolute Gasteiger partial charge is 0.367 e. The van der Waals surface area contributed by atoms with Crippen molar-refractivity contribution in [2.75, 3.05) is 24.2 Å². The van der Waals surface area contributed by atoms with Gasteiger partial charge < -0.3 is 5.32 Å². The van der Waals surface area contributed by atoms with Gasteiger partial charge in [0.25, 0.3) is 5.92 Å². The molecule has 2 aliphatic carbocycles. The van der Waals surface area contributed by atoms with E-state index >= 15 is 0 Å². The number of alkyl halides is 2. The average molecular weight is 456 g/mol. The molecule has 31 heavy (non-hydrogen) atoms. The molecule has 2 saturated carbocycles. The molecule has 0 radical (unpaired) electrons. The van der Waals surface area contributed by atoms with Crippen LogP contribution in [0.2, 0.25) is 0 Å². The third-order valence-corrected chi connectivity index (χ3v) is 10.0. The molecule has 2 bridgehead atoms. The number of rotatable bonds is 6. The second-order valence-corrected chi connectivity index (χ2v) is 12.0. The van der Waals surface area contributed by atoms with E-state index in [2.05, 4.69) is 10.3 Å². The lowest BCUT2D eigenvalue weighted by Gasteiger charge is -2.39. The van der Waals surface area contributed by atoms with Crippen LogP contribution in [0.15, 0.2) is 18.3 Å². The van der Waals surface area contributed by atoms with Crippen molar-refractivity contribution in [3.8, 4) is 0 Å². The van der Waals surface area contributed by atoms with E-state index in [-0.39, 0.29) is 34.5 Å². The number of hydrogen-bond donors (Lipinski definition) is 1. The van der Waals surface area contributed by atoms with Crippen molar-refractivity contribution >= 4 is 21.6 Å². The summed E-state index contributed by atoms with van der Waals surface area (Å²) in [6.07, 6.45) is 4.45. The fourth-order valence-electron chi connectivity index (χ4n) is 5.74. The number of nitrogens with one attached hydrogen (secondary N) is 1. The molecule has 172 valence electrons. The molecule has 4 rings (SSSR count). The highest BCUT2D eigenvalue weighted by Gasteiger charge is 2.65. The van der Waals surface area contributed by atoms with Crippen LogP contribution >= 0.6 is 0 Å². The van der Waals surface area contributed by atoms with E-state index < -0.39 is 21.4 Å². The highest BCUT2D eigenvalue weighted by molar-refractivity contribution is 7.89. The number of ketones is 1. The Hall–Kier alpha value is -1.61. The number of fused-ring (bicyclic) bond motifs is 2. The van der Waals surface area contributed by atoms with Gasteiger partial charge in [-0.05, 0) is 49.1 Å². The number of carbonyl (C=O) groups excluding carboxylic acids is 1. The van der Waals surface area contributed by atoms with Gasteiger partial charge in [-0.1, -0.05) is 13.8 Å². The maximum Gasteiger partial charge on any atom is 0.272 e. The molecular formula is C22H31F2N3O3S. The van der Waals surface area contributed by atoms with Crippen molar-refractivity contribution in [3.63, 3.8) is 0 Å². The number of anilines is 1. The second kappa shape index (κ2) is 7.47. The first-order valence-electron chi connectivity index (χ1n) is 11.0. The summed E-state index contributed by atoms with van der Waals surface area (Å²) in [5.74, 6) is -2.12. The molecule has 2 atom stereocenters. The van der Waals surface area contributed by atoms with Crippen LogP contribution in [0.3, 0.4) is 0 Å². The van der Waals surface area contributed by atoms with E-state index in [0.717, 1.165) is 19.5 Å². The Labute approximate surface area is 182 Å². The molecule has 2 heterocycles. The Kier molecular flexibility index (Phi) is 5.44. The first-order valence-corrected chi connectivity index (χ1v) is 12.6. The first kappa shape index (κ1) is 22.6. The molecule has 1 aromatic rings. The predicted molar refractivity (Wildman–Crippen MR) is 114 cm³/mol. The fourth-order valence-corrected chi connectivity index (χ4v) is 7.99. The van der Waals surface area contributed by atoms with Crippen LogP contribution in [0.1, 0.15) is 58.4 Å². The van der Waals surface area contributed by atoms with Gasteiger partial charge in [0.1, 0.15) is 11.6 Å². The van der Waals surface area contributed by atoms with E-state index in [9.17, 15) is 22.0 Å². The summed E-state index contributed by atoms with van der Waals surface area (Å²) in [7, 11) is -3.55. The molecule has 6 nitrogen and oxygen atoms in total. The number of carbonyl (C=O) groups is 1. The van der Waals surface area contributed by atoms with Crippen molar-refractivity contribution in [1.82, 2.24) is 9.29 Å². The predicted octanol–water partition coefficient (Wildman–Crippen LogP) is 3.79. The number of piperidine rings is 1. The van der Waals surface area contributed by atoms with Gasteiger partial charge in [-0.3, -0.25) is 4.79 Å². The summed E-state index contributed by atoms with van der Waals surface area (Å²) >= 11 is 0. The van der Waals surface area contributed by atoms with E-state index in [1.165, 1.54) is 16.4 Å². The SMILES string of the molecule is CC(F)(F)c1ccc(NC2CCN(S(=O)(=O)C[C@]34CC[C@H](CC3=O)C4(C)C)CC2)nc1. The van der Waals surface area contributed by atoms with Crippen LogP contribution in [0, 0.1) is 16.7 Å². The molecule has 3 aliphatic rings. The number of hydrogen-bond acceptors (Lipinski definition) is 5. The summed E-state index contributed by atoms with van der Waals surface area (Å²) in [6, 6.07) is 2.90. The van der Waals surface area contributed by atoms with Crippen LogP contribution in [-0.4, -0.2) is 48.4 Å². The number of nitrogens with zero attached hydrogens (tertiary/aromatic N) is 2. The Bertz CT molecular complexity index is 951. The second-order valence-electron chi connectivity index (χ2n) is 10.1.